The summed E-state index contributed by atoms with van der Waals surface area (Å²) in [5.74, 6) is -1.68. The topological polar surface area (TPSA) is 143 Å². The first-order chi connectivity index (χ1) is 14.3. The Balaban J connectivity index is 2.17. The fourth-order valence-corrected chi connectivity index (χ4v) is 3.58. The zero-order valence-electron chi connectivity index (χ0n) is 16.8. The molecule has 0 bridgehead atoms. The van der Waals surface area contributed by atoms with Crippen molar-refractivity contribution >= 4 is 39.9 Å². The van der Waals surface area contributed by atoms with E-state index in [9.17, 15) is 24.5 Å². The Morgan fingerprint density at radius 1 is 1.27 bits per heavy atom. The highest BCUT2D eigenvalue weighted by Crippen LogP contribution is 2.34. The average Bonchev–Trinajstić information content (AvgIpc) is 3.29. The molecule has 1 amide bonds. The number of amides is 1. The van der Waals surface area contributed by atoms with Crippen LogP contribution in [0, 0.1) is 17.0 Å². The highest BCUT2D eigenvalue weighted by molar-refractivity contribution is 7.18. The van der Waals surface area contributed by atoms with Gasteiger partial charge in [-0.25, -0.2) is 9.59 Å². The number of hydrogen-bond donors (Lipinski definition) is 1. The number of carbonyl (C=O) groups is 3. The number of nitrogens with zero attached hydrogens (tertiary/aromatic N) is 3. The molecule has 0 unspecified atom stereocenters. The van der Waals surface area contributed by atoms with Gasteiger partial charge in [-0.3, -0.25) is 19.6 Å². The van der Waals surface area contributed by atoms with Crippen LogP contribution in [0.4, 0.5) is 10.7 Å². The van der Waals surface area contributed by atoms with Gasteiger partial charge in [0.15, 0.2) is 0 Å². The van der Waals surface area contributed by atoms with Gasteiger partial charge < -0.3 is 14.8 Å². The van der Waals surface area contributed by atoms with Crippen LogP contribution in [-0.2, 0) is 20.8 Å². The van der Waals surface area contributed by atoms with Crippen molar-refractivity contribution < 1.29 is 28.8 Å². The van der Waals surface area contributed by atoms with Crippen LogP contribution < -0.4 is 5.32 Å². The summed E-state index contributed by atoms with van der Waals surface area (Å²) in [6.45, 7) is 5.58. The molecule has 0 aliphatic heterocycles. The number of thiophene rings is 1. The first kappa shape index (κ1) is 23.0. The van der Waals surface area contributed by atoms with Gasteiger partial charge in [-0.1, -0.05) is 6.92 Å². The summed E-state index contributed by atoms with van der Waals surface area (Å²) in [6, 6.07) is 0. The summed E-state index contributed by atoms with van der Waals surface area (Å²) < 4.78 is 11.5. The number of aromatic nitrogens is 2. The number of ether oxygens (including phenoxy) is 2. The number of esters is 2. The maximum atomic E-state index is 12.5. The quantitative estimate of drug-likeness (QED) is 0.339. The second kappa shape index (κ2) is 10.5. The van der Waals surface area contributed by atoms with Gasteiger partial charge in [0.2, 0.25) is 5.91 Å². The first-order valence-corrected chi connectivity index (χ1v) is 10.0. The van der Waals surface area contributed by atoms with Crippen LogP contribution in [0.25, 0.3) is 0 Å². The lowest BCUT2D eigenvalue weighted by Gasteiger charge is -2.08. The lowest BCUT2D eigenvalue weighted by Crippen LogP contribution is -2.17. The van der Waals surface area contributed by atoms with E-state index in [1.54, 1.807) is 13.8 Å². The highest BCUT2D eigenvalue weighted by Gasteiger charge is 2.27. The van der Waals surface area contributed by atoms with Crippen LogP contribution in [0.5, 0.6) is 0 Å². The lowest BCUT2D eigenvalue weighted by molar-refractivity contribution is -0.385. The minimum Gasteiger partial charge on any atom is -0.462 e. The van der Waals surface area contributed by atoms with Crippen molar-refractivity contribution in [2.24, 2.45) is 0 Å². The van der Waals surface area contributed by atoms with E-state index < -0.39 is 22.8 Å². The van der Waals surface area contributed by atoms with Gasteiger partial charge in [0.05, 0.1) is 23.7 Å². The predicted octanol–water partition coefficient (Wildman–Crippen LogP) is 2.93. The number of aryl methyl sites for hydroxylation is 1. The first-order valence-electron chi connectivity index (χ1n) is 9.22. The summed E-state index contributed by atoms with van der Waals surface area (Å²) in [4.78, 5) is 47.4. The van der Waals surface area contributed by atoms with Crippen LogP contribution in [-0.4, -0.2) is 45.8 Å². The number of rotatable bonds is 10. The van der Waals surface area contributed by atoms with Gasteiger partial charge >= 0.3 is 17.6 Å². The Morgan fingerprint density at radius 3 is 2.60 bits per heavy atom. The third kappa shape index (κ3) is 5.63. The molecule has 2 heterocycles. The Morgan fingerprint density at radius 2 is 2.00 bits per heavy atom. The van der Waals surface area contributed by atoms with Gasteiger partial charge in [0.25, 0.3) is 0 Å². The molecule has 30 heavy (non-hydrogen) atoms. The maximum absolute atomic E-state index is 12.5. The maximum Gasteiger partial charge on any atom is 0.348 e. The van der Waals surface area contributed by atoms with Crippen molar-refractivity contribution in [3.63, 3.8) is 0 Å². The molecule has 11 nitrogen and oxygen atoms in total. The monoisotopic (exact) mass is 438 g/mol. The molecule has 0 aliphatic rings. The molecule has 0 radical (unpaired) electrons. The van der Waals surface area contributed by atoms with Crippen molar-refractivity contribution in [2.75, 3.05) is 18.5 Å². The number of nitrogens with one attached hydrogen (secondary N) is 1. The summed E-state index contributed by atoms with van der Waals surface area (Å²) in [5, 5.41) is 17.3. The van der Waals surface area contributed by atoms with E-state index >= 15 is 0 Å². The molecule has 2 aromatic heterocycles. The van der Waals surface area contributed by atoms with Crippen molar-refractivity contribution in [3.8, 4) is 0 Å². The fraction of sp³-hybridized carbons (Fsp3) is 0.444. The Kier molecular flexibility index (Phi) is 8.04. The number of hydrogen-bond acceptors (Lipinski definition) is 9. The SMILES string of the molecule is CCCOC(=O)c1c(NC(=O)CCn2cc([N+](=O)[O-])cn2)sc(C(=O)OCC)c1C. The van der Waals surface area contributed by atoms with Crippen molar-refractivity contribution in [1.29, 1.82) is 0 Å². The molecule has 0 saturated carbocycles. The molecule has 2 rings (SSSR count). The van der Waals surface area contributed by atoms with Crippen LogP contribution in [0.2, 0.25) is 0 Å². The van der Waals surface area contributed by atoms with E-state index in [4.69, 9.17) is 9.47 Å². The van der Waals surface area contributed by atoms with Crippen LogP contribution in [0.3, 0.4) is 0 Å². The molecule has 0 fully saturated rings. The Hall–Kier alpha value is -3.28. The van der Waals surface area contributed by atoms with Gasteiger partial charge in [0.1, 0.15) is 22.3 Å². The third-order valence-electron chi connectivity index (χ3n) is 3.90. The van der Waals surface area contributed by atoms with Gasteiger partial charge in [-0.15, -0.1) is 11.3 Å². The minimum atomic E-state index is -0.640. The van der Waals surface area contributed by atoms with E-state index in [0.29, 0.717) is 12.0 Å². The van der Waals surface area contributed by atoms with E-state index in [2.05, 4.69) is 10.4 Å². The zero-order valence-corrected chi connectivity index (χ0v) is 17.6. The van der Waals surface area contributed by atoms with Crippen LogP contribution >= 0.6 is 11.3 Å². The molecule has 0 spiro atoms. The standard InChI is InChI=1S/C18H22N4O7S/c1-4-8-29-17(24)14-11(3)15(18(25)28-5-2)30-16(14)20-13(23)6-7-21-10-12(9-19-21)22(26)27/h9-10H,4-8H2,1-3H3,(H,20,23). The van der Waals surface area contributed by atoms with Crippen LogP contribution in [0.15, 0.2) is 12.4 Å². The van der Waals surface area contributed by atoms with E-state index in [1.807, 2.05) is 6.92 Å². The summed E-state index contributed by atoms with van der Waals surface area (Å²) in [7, 11) is 0. The average molecular weight is 438 g/mol. The molecule has 1 N–H and O–H groups in total. The molecular formula is C18H22N4O7S. The largest absolute Gasteiger partial charge is 0.462 e. The molecule has 2 aromatic rings. The number of carbonyl (C=O) groups excluding carboxylic acids is 3. The highest BCUT2D eigenvalue weighted by atomic mass is 32.1. The van der Waals surface area contributed by atoms with E-state index in [-0.39, 0.29) is 47.3 Å². The van der Waals surface area contributed by atoms with Crippen LogP contribution in [0.1, 0.15) is 52.3 Å². The lowest BCUT2D eigenvalue weighted by atomic mass is 10.1. The summed E-state index contributed by atoms with van der Waals surface area (Å²) >= 11 is 0.935. The van der Waals surface area contributed by atoms with Gasteiger partial charge in [0, 0.05) is 13.0 Å². The molecule has 0 saturated heterocycles. The summed E-state index contributed by atoms with van der Waals surface area (Å²) in [6.07, 6.45) is 2.88. The molecule has 0 aromatic carbocycles. The minimum absolute atomic E-state index is 0.0476. The predicted molar refractivity (Wildman–Crippen MR) is 108 cm³/mol. The van der Waals surface area contributed by atoms with Crippen molar-refractivity contribution in [2.45, 2.75) is 40.2 Å². The third-order valence-corrected chi connectivity index (χ3v) is 5.09. The van der Waals surface area contributed by atoms with Crippen molar-refractivity contribution in [3.05, 3.63) is 38.5 Å². The molecule has 12 heteroatoms. The van der Waals surface area contributed by atoms with E-state index in [0.717, 1.165) is 17.5 Å². The molecule has 0 aliphatic carbocycles. The number of anilines is 1. The normalized spacial score (nSPS) is 10.5. The van der Waals surface area contributed by atoms with E-state index in [1.165, 1.54) is 10.9 Å². The molecule has 0 atom stereocenters. The Labute approximate surface area is 176 Å². The molecule has 162 valence electrons. The second-order valence-electron chi connectivity index (χ2n) is 6.13. The molecular weight excluding hydrogens is 416 g/mol. The van der Waals surface area contributed by atoms with Gasteiger partial charge in [-0.05, 0) is 25.8 Å². The number of nitro groups is 1. The smallest absolute Gasteiger partial charge is 0.348 e. The summed E-state index contributed by atoms with van der Waals surface area (Å²) in [5.41, 5.74) is 0.307. The van der Waals surface area contributed by atoms with Crippen molar-refractivity contribution in [1.82, 2.24) is 9.78 Å². The Bertz CT molecular complexity index is 950. The second-order valence-corrected chi connectivity index (χ2v) is 7.15. The van der Waals surface area contributed by atoms with Gasteiger partial charge in [-0.2, -0.15) is 5.10 Å². The fourth-order valence-electron chi connectivity index (χ4n) is 2.48. The zero-order chi connectivity index (χ0) is 22.3.